The maximum absolute atomic E-state index is 12.5. The molecule has 0 unspecified atom stereocenters. The van der Waals surface area contributed by atoms with Crippen molar-refractivity contribution >= 4 is 15.7 Å². The highest BCUT2D eigenvalue weighted by Gasteiger charge is 2.16. The third kappa shape index (κ3) is 4.16. The van der Waals surface area contributed by atoms with Gasteiger partial charge in [0.1, 0.15) is 11.5 Å². The first kappa shape index (κ1) is 17.1. The fourth-order valence-corrected chi connectivity index (χ4v) is 3.33. The predicted octanol–water partition coefficient (Wildman–Crippen LogP) is 3.46. The van der Waals surface area contributed by atoms with Crippen molar-refractivity contribution in [2.45, 2.75) is 25.2 Å². The Morgan fingerprint density at radius 3 is 2.52 bits per heavy atom. The van der Waals surface area contributed by atoms with Crippen LogP contribution in [0.3, 0.4) is 0 Å². The van der Waals surface area contributed by atoms with Crippen molar-refractivity contribution < 1.29 is 17.9 Å². The third-order valence-electron chi connectivity index (χ3n) is 3.34. The molecule has 5 nitrogen and oxygen atoms in total. The minimum atomic E-state index is -3.66. The van der Waals surface area contributed by atoms with Crippen LogP contribution in [0.5, 0.6) is 11.5 Å². The molecule has 124 valence electrons. The molecule has 1 N–H and O–H groups in total. The van der Waals surface area contributed by atoms with Gasteiger partial charge in [0.15, 0.2) is 0 Å². The average Bonchev–Trinajstić information content (AvgIpc) is 2.54. The van der Waals surface area contributed by atoms with Crippen molar-refractivity contribution in [2.24, 2.45) is 0 Å². The van der Waals surface area contributed by atoms with E-state index in [0.29, 0.717) is 30.2 Å². The minimum Gasteiger partial charge on any atom is -0.496 e. The number of hydrogen-bond acceptors (Lipinski definition) is 4. The number of aryl methyl sites for hydroxylation is 1. The molecule has 0 aliphatic rings. The lowest BCUT2D eigenvalue weighted by Gasteiger charge is -2.12. The normalized spacial score (nSPS) is 11.1. The van der Waals surface area contributed by atoms with Crippen LogP contribution >= 0.6 is 0 Å². The molecular formula is C17H21NO4S. The highest BCUT2D eigenvalue weighted by molar-refractivity contribution is 7.92. The van der Waals surface area contributed by atoms with Crippen LogP contribution in [0.4, 0.5) is 5.69 Å². The fourth-order valence-electron chi connectivity index (χ4n) is 2.23. The topological polar surface area (TPSA) is 64.6 Å². The van der Waals surface area contributed by atoms with Crippen LogP contribution < -0.4 is 14.2 Å². The first-order valence-electron chi connectivity index (χ1n) is 7.42. The van der Waals surface area contributed by atoms with Gasteiger partial charge in [-0.25, -0.2) is 8.42 Å². The summed E-state index contributed by atoms with van der Waals surface area (Å²) in [7, 11) is -2.09. The molecule has 0 atom stereocenters. The van der Waals surface area contributed by atoms with E-state index < -0.39 is 10.0 Å². The van der Waals surface area contributed by atoms with Crippen molar-refractivity contribution in [1.29, 1.82) is 0 Å². The Labute approximate surface area is 137 Å². The summed E-state index contributed by atoms with van der Waals surface area (Å²) in [4.78, 5) is 0.206. The lowest BCUT2D eigenvalue weighted by Crippen LogP contribution is -2.13. The fraction of sp³-hybridized carbons (Fsp3) is 0.294. The van der Waals surface area contributed by atoms with Crippen molar-refractivity contribution in [1.82, 2.24) is 0 Å². The quantitative estimate of drug-likeness (QED) is 0.841. The van der Waals surface area contributed by atoms with Crippen LogP contribution in [0.2, 0.25) is 0 Å². The molecule has 2 aromatic carbocycles. The molecule has 0 aliphatic heterocycles. The van der Waals surface area contributed by atoms with Crippen LogP contribution in [0.25, 0.3) is 0 Å². The Kier molecular flexibility index (Phi) is 5.50. The number of anilines is 1. The lowest BCUT2D eigenvalue weighted by molar-refractivity contribution is 0.340. The van der Waals surface area contributed by atoms with Gasteiger partial charge in [-0.05, 0) is 49.2 Å². The SMILES string of the molecule is CCOc1cccc(NS(=O)(=O)c2ccc(OC)c(CC)c2)c1. The van der Waals surface area contributed by atoms with E-state index in [-0.39, 0.29) is 4.90 Å². The Bertz CT molecular complexity index is 772. The standard InChI is InChI=1S/C17H21NO4S/c1-4-13-11-16(9-10-17(13)21-3)23(19,20)18-14-7-6-8-15(12-14)22-5-2/h6-12,18H,4-5H2,1-3H3. The molecule has 0 fully saturated rings. The lowest BCUT2D eigenvalue weighted by atomic mass is 10.1. The van der Waals surface area contributed by atoms with E-state index in [2.05, 4.69) is 4.72 Å². The second kappa shape index (κ2) is 7.37. The Hall–Kier alpha value is -2.21. The molecule has 0 bridgehead atoms. The molecule has 0 amide bonds. The van der Waals surface area contributed by atoms with Gasteiger partial charge in [0, 0.05) is 6.07 Å². The molecular weight excluding hydrogens is 314 g/mol. The first-order chi connectivity index (χ1) is 11.0. The number of nitrogens with one attached hydrogen (secondary N) is 1. The van der Waals surface area contributed by atoms with Crippen molar-refractivity contribution in [3.8, 4) is 11.5 Å². The number of hydrogen-bond donors (Lipinski definition) is 1. The number of sulfonamides is 1. The molecule has 23 heavy (non-hydrogen) atoms. The average molecular weight is 335 g/mol. The summed E-state index contributed by atoms with van der Waals surface area (Å²) in [5, 5.41) is 0. The zero-order valence-electron chi connectivity index (χ0n) is 13.5. The zero-order valence-corrected chi connectivity index (χ0v) is 14.3. The highest BCUT2D eigenvalue weighted by atomic mass is 32.2. The number of methoxy groups -OCH3 is 1. The minimum absolute atomic E-state index is 0.206. The first-order valence-corrected chi connectivity index (χ1v) is 8.91. The molecule has 0 saturated carbocycles. The summed E-state index contributed by atoms with van der Waals surface area (Å²) in [6.07, 6.45) is 0.687. The molecule has 0 spiro atoms. The molecule has 0 aliphatic carbocycles. The van der Waals surface area contributed by atoms with Gasteiger partial charge in [0.25, 0.3) is 10.0 Å². The number of rotatable bonds is 7. The van der Waals surface area contributed by atoms with E-state index in [1.165, 1.54) is 6.07 Å². The van der Waals surface area contributed by atoms with E-state index in [4.69, 9.17) is 9.47 Å². The molecule has 0 heterocycles. The van der Waals surface area contributed by atoms with Gasteiger partial charge in [0.05, 0.1) is 24.3 Å². The van der Waals surface area contributed by atoms with E-state index >= 15 is 0 Å². The summed E-state index contributed by atoms with van der Waals surface area (Å²) >= 11 is 0. The molecule has 2 rings (SSSR count). The van der Waals surface area contributed by atoms with Crippen LogP contribution in [0.15, 0.2) is 47.4 Å². The maximum atomic E-state index is 12.5. The maximum Gasteiger partial charge on any atom is 0.261 e. The summed E-state index contributed by atoms with van der Waals surface area (Å²) in [6.45, 7) is 4.35. The largest absolute Gasteiger partial charge is 0.496 e. The second-order valence-corrected chi connectivity index (χ2v) is 6.58. The molecule has 0 saturated heterocycles. The van der Waals surface area contributed by atoms with Crippen molar-refractivity contribution in [2.75, 3.05) is 18.4 Å². The molecule has 6 heteroatoms. The monoisotopic (exact) mass is 335 g/mol. The molecule has 0 radical (unpaired) electrons. The van der Waals surface area contributed by atoms with Crippen LogP contribution in [-0.2, 0) is 16.4 Å². The summed E-state index contributed by atoms with van der Waals surface area (Å²) in [5.41, 5.74) is 1.31. The third-order valence-corrected chi connectivity index (χ3v) is 4.72. The van der Waals surface area contributed by atoms with Gasteiger partial charge in [-0.15, -0.1) is 0 Å². The smallest absolute Gasteiger partial charge is 0.261 e. The van der Waals surface area contributed by atoms with Crippen molar-refractivity contribution in [3.63, 3.8) is 0 Å². The summed E-state index contributed by atoms with van der Waals surface area (Å²) in [5.74, 6) is 1.31. The Morgan fingerprint density at radius 2 is 1.87 bits per heavy atom. The van der Waals surface area contributed by atoms with E-state index in [1.54, 1.807) is 43.5 Å². The molecule has 2 aromatic rings. The van der Waals surface area contributed by atoms with Gasteiger partial charge >= 0.3 is 0 Å². The molecule has 0 aromatic heterocycles. The van der Waals surface area contributed by atoms with Gasteiger partial charge in [-0.1, -0.05) is 13.0 Å². The number of benzene rings is 2. The van der Waals surface area contributed by atoms with Gasteiger partial charge in [-0.3, -0.25) is 4.72 Å². The van der Waals surface area contributed by atoms with E-state index in [1.807, 2.05) is 13.8 Å². The van der Waals surface area contributed by atoms with Gasteiger partial charge in [0.2, 0.25) is 0 Å². The van der Waals surface area contributed by atoms with Gasteiger partial charge < -0.3 is 9.47 Å². The predicted molar refractivity (Wildman–Crippen MR) is 90.8 cm³/mol. The summed E-state index contributed by atoms with van der Waals surface area (Å²) < 4.78 is 38.3. The zero-order chi connectivity index (χ0) is 16.9. The van der Waals surface area contributed by atoms with Crippen molar-refractivity contribution in [3.05, 3.63) is 48.0 Å². The Morgan fingerprint density at radius 1 is 1.09 bits per heavy atom. The van der Waals surface area contributed by atoms with Crippen LogP contribution in [0.1, 0.15) is 19.4 Å². The second-order valence-electron chi connectivity index (χ2n) is 4.89. The van der Waals surface area contributed by atoms with E-state index in [0.717, 1.165) is 5.56 Å². The van der Waals surface area contributed by atoms with Gasteiger partial charge in [-0.2, -0.15) is 0 Å². The highest BCUT2D eigenvalue weighted by Crippen LogP contribution is 2.25. The van der Waals surface area contributed by atoms with Crippen LogP contribution in [-0.4, -0.2) is 22.1 Å². The van der Waals surface area contributed by atoms with Crippen LogP contribution in [0, 0.1) is 0 Å². The summed E-state index contributed by atoms with van der Waals surface area (Å²) in [6, 6.07) is 11.7. The Balaban J connectivity index is 2.30. The van der Waals surface area contributed by atoms with E-state index in [9.17, 15) is 8.42 Å². The number of ether oxygens (including phenoxy) is 2.